The summed E-state index contributed by atoms with van der Waals surface area (Å²) < 4.78 is 6.25. The molecule has 0 bridgehead atoms. The van der Waals surface area contributed by atoms with Gasteiger partial charge in [-0.1, -0.05) is 34.5 Å². The Hall–Kier alpha value is -1.51. The number of anilines is 1. The summed E-state index contributed by atoms with van der Waals surface area (Å²) in [6.45, 7) is 1.46. The number of ether oxygens (including phenoxy) is 1. The molecule has 0 aliphatic rings. The molecule has 0 radical (unpaired) electrons. The molecule has 1 amide bonds. The summed E-state index contributed by atoms with van der Waals surface area (Å²) in [5.41, 5.74) is 0.681. The van der Waals surface area contributed by atoms with Crippen LogP contribution in [0.2, 0.25) is 10.0 Å². The number of nitrogens with zero attached hydrogens (tertiary/aromatic N) is 3. The molecule has 30 heavy (non-hydrogen) atoms. The average molecular weight is 484 g/mol. The number of methoxy groups -OCH3 is 1. The molecule has 160 valence electrons. The maximum Gasteiger partial charge on any atom is 0.239 e. The van der Waals surface area contributed by atoms with E-state index in [2.05, 4.69) is 4.90 Å². The third-order valence-corrected chi connectivity index (χ3v) is 7.15. The number of carbonyl (C=O) groups is 1. The Labute approximate surface area is 194 Å². The Kier molecular flexibility index (Phi) is 8.25. The van der Waals surface area contributed by atoms with Gasteiger partial charge in [-0.3, -0.25) is 9.69 Å². The van der Waals surface area contributed by atoms with Crippen LogP contribution in [0.5, 0.6) is 5.75 Å². The zero-order chi connectivity index (χ0) is 21.7. The molecule has 0 unspecified atom stereocenters. The van der Waals surface area contributed by atoms with Gasteiger partial charge in [-0.05, 0) is 63.5 Å². The number of benzene rings is 2. The van der Waals surface area contributed by atoms with Crippen molar-refractivity contribution >= 4 is 67.6 Å². The summed E-state index contributed by atoms with van der Waals surface area (Å²) in [7, 11) is 5.64. The number of aromatic nitrogens is 1. The Morgan fingerprint density at radius 1 is 1.13 bits per heavy atom. The highest BCUT2D eigenvalue weighted by Crippen LogP contribution is 2.39. The first kappa shape index (κ1) is 23.2. The predicted molar refractivity (Wildman–Crippen MR) is 129 cm³/mol. The molecule has 1 aromatic heterocycles. The maximum absolute atomic E-state index is 13.1. The second-order valence-corrected chi connectivity index (χ2v) is 9.74. The SMILES string of the molecule is COc1ccc(Cl)c2sc(N(CCCN(C)C)C(=O)CSc3ccc(Cl)cc3)nc12. The second-order valence-electron chi connectivity index (χ2n) is 6.87. The summed E-state index contributed by atoms with van der Waals surface area (Å²) in [6.07, 6.45) is 0.838. The van der Waals surface area contributed by atoms with Gasteiger partial charge in [0, 0.05) is 16.5 Å². The molecule has 0 spiro atoms. The van der Waals surface area contributed by atoms with Crippen molar-refractivity contribution in [3.05, 3.63) is 46.4 Å². The first-order chi connectivity index (χ1) is 14.4. The topological polar surface area (TPSA) is 45.7 Å². The van der Waals surface area contributed by atoms with Gasteiger partial charge < -0.3 is 9.64 Å². The van der Waals surface area contributed by atoms with Gasteiger partial charge in [0.1, 0.15) is 11.3 Å². The van der Waals surface area contributed by atoms with Gasteiger partial charge in [0.15, 0.2) is 5.13 Å². The van der Waals surface area contributed by atoms with Gasteiger partial charge in [0.05, 0.1) is 22.6 Å². The lowest BCUT2D eigenvalue weighted by Gasteiger charge is -2.21. The molecule has 1 heterocycles. The lowest BCUT2D eigenvalue weighted by atomic mass is 10.3. The van der Waals surface area contributed by atoms with Crippen LogP contribution in [0.1, 0.15) is 6.42 Å². The molecule has 0 atom stereocenters. The van der Waals surface area contributed by atoms with Crippen LogP contribution in [0.15, 0.2) is 41.3 Å². The molecule has 0 aliphatic heterocycles. The van der Waals surface area contributed by atoms with E-state index in [1.165, 1.54) is 23.1 Å². The van der Waals surface area contributed by atoms with Crippen LogP contribution >= 0.6 is 46.3 Å². The van der Waals surface area contributed by atoms with Gasteiger partial charge in [0.2, 0.25) is 5.91 Å². The minimum Gasteiger partial charge on any atom is -0.494 e. The Balaban J connectivity index is 1.84. The fourth-order valence-corrected chi connectivity index (χ4v) is 5.05. The lowest BCUT2D eigenvalue weighted by molar-refractivity contribution is -0.116. The van der Waals surface area contributed by atoms with Crippen molar-refractivity contribution in [2.75, 3.05) is 44.9 Å². The zero-order valence-corrected chi connectivity index (χ0v) is 20.2. The van der Waals surface area contributed by atoms with Crippen molar-refractivity contribution in [2.45, 2.75) is 11.3 Å². The first-order valence-electron chi connectivity index (χ1n) is 9.35. The minimum absolute atomic E-state index is 0.00264. The molecule has 3 aromatic rings. The van der Waals surface area contributed by atoms with Crippen molar-refractivity contribution in [1.82, 2.24) is 9.88 Å². The molecule has 0 N–H and O–H groups in total. The minimum atomic E-state index is 0.00264. The zero-order valence-electron chi connectivity index (χ0n) is 17.0. The van der Waals surface area contributed by atoms with Crippen LogP contribution in [-0.4, -0.2) is 55.8 Å². The Bertz CT molecular complexity index is 1010. The number of hydrogen-bond donors (Lipinski definition) is 0. The summed E-state index contributed by atoms with van der Waals surface area (Å²) >= 11 is 15.2. The largest absolute Gasteiger partial charge is 0.494 e. The van der Waals surface area contributed by atoms with Gasteiger partial charge in [-0.15, -0.1) is 11.8 Å². The normalized spacial score (nSPS) is 11.3. The number of rotatable bonds is 9. The third-order valence-electron chi connectivity index (χ3n) is 4.36. The molecule has 3 rings (SSSR count). The van der Waals surface area contributed by atoms with E-state index in [9.17, 15) is 4.79 Å². The smallest absolute Gasteiger partial charge is 0.239 e. The molecular formula is C21H23Cl2N3O2S2. The number of amides is 1. The summed E-state index contributed by atoms with van der Waals surface area (Å²) in [5, 5.41) is 1.92. The van der Waals surface area contributed by atoms with Crippen LogP contribution in [0.4, 0.5) is 5.13 Å². The third kappa shape index (κ3) is 5.80. The number of carbonyl (C=O) groups excluding carboxylic acids is 1. The number of halogens is 2. The molecule has 5 nitrogen and oxygen atoms in total. The maximum atomic E-state index is 13.1. The fourth-order valence-electron chi connectivity index (χ4n) is 2.85. The van der Waals surface area contributed by atoms with Crippen LogP contribution < -0.4 is 9.64 Å². The molecule has 0 fully saturated rings. The monoisotopic (exact) mass is 483 g/mol. The number of thioether (sulfide) groups is 1. The Morgan fingerprint density at radius 3 is 2.53 bits per heavy atom. The highest BCUT2D eigenvalue weighted by atomic mass is 35.5. The van der Waals surface area contributed by atoms with E-state index in [0.29, 0.717) is 38.7 Å². The van der Waals surface area contributed by atoms with E-state index in [0.717, 1.165) is 22.6 Å². The van der Waals surface area contributed by atoms with Crippen LogP contribution in [0.25, 0.3) is 10.2 Å². The summed E-state index contributed by atoms with van der Waals surface area (Å²) in [6, 6.07) is 11.1. The van der Waals surface area contributed by atoms with Gasteiger partial charge in [0.25, 0.3) is 0 Å². The van der Waals surface area contributed by atoms with Gasteiger partial charge in [-0.25, -0.2) is 4.98 Å². The van der Waals surface area contributed by atoms with Gasteiger partial charge in [-0.2, -0.15) is 0 Å². The van der Waals surface area contributed by atoms with E-state index in [1.807, 2.05) is 38.4 Å². The predicted octanol–water partition coefficient (Wildman–Crippen LogP) is 5.69. The van der Waals surface area contributed by atoms with Crippen molar-refractivity contribution in [2.24, 2.45) is 0 Å². The van der Waals surface area contributed by atoms with Gasteiger partial charge >= 0.3 is 0 Å². The molecule has 9 heteroatoms. The molecule has 0 saturated carbocycles. The lowest BCUT2D eigenvalue weighted by Crippen LogP contribution is -2.34. The first-order valence-corrected chi connectivity index (χ1v) is 11.9. The van der Waals surface area contributed by atoms with Crippen molar-refractivity contribution in [3.8, 4) is 5.75 Å². The molecule has 2 aromatic carbocycles. The van der Waals surface area contributed by atoms with E-state index >= 15 is 0 Å². The quantitative estimate of drug-likeness (QED) is 0.365. The summed E-state index contributed by atoms with van der Waals surface area (Å²) in [5.74, 6) is 0.959. The van der Waals surface area contributed by atoms with Crippen LogP contribution in [0.3, 0.4) is 0 Å². The van der Waals surface area contributed by atoms with E-state index < -0.39 is 0 Å². The van der Waals surface area contributed by atoms with Crippen LogP contribution in [0, 0.1) is 0 Å². The molecule has 0 saturated heterocycles. The number of fused-ring (bicyclic) bond motifs is 1. The van der Waals surface area contributed by atoms with E-state index in [4.69, 9.17) is 32.9 Å². The van der Waals surface area contributed by atoms with Crippen LogP contribution in [-0.2, 0) is 4.79 Å². The standard InChI is InChI=1S/C21H23Cl2N3O2S2/c1-25(2)11-4-12-26(18(27)13-29-15-7-5-14(22)6-8-15)21-24-19-17(28-3)10-9-16(23)20(19)30-21/h5-10H,4,11-13H2,1-3H3. The van der Waals surface area contributed by atoms with Crippen molar-refractivity contribution in [3.63, 3.8) is 0 Å². The molecule has 0 aliphatic carbocycles. The van der Waals surface area contributed by atoms with Crippen molar-refractivity contribution in [1.29, 1.82) is 0 Å². The van der Waals surface area contributed by atoms with E-state index in [1.54, 1.807) is 24.1 Å². The fraction of sp³-hybridized carbons (Fsp3) is 0.333. The molecular weight excluding hydrogens is 461 g/mol. The average Bonchev–Trinajstić information content (AvgIpc) is 3.16. The summed E-state index contributed by atoms with van der Waals surface area (Å²) in [4.78, 5) is 22.7. The highest BCUT2D eigenvalue weighted by molar-refractivity contribution is 8.00. The number of thiazole rings is 1. The number of hydrogen-bond acceptors (Lipinski definition) is 6. The Morgan fingerprint density at radius 2 is 1.87 bits per heavy atom. The van der Waals surface area contributed by atoms with Crippen molar-refractivity contribution < 1.29 is 9.53 Å². The second kappa shape index (κ2) is 10.7. The van der Waals surface area contributed by atoms with E-state index in [-0.39, 0.29) is 5.91 Å². The highest BCUT2D eigenvalue weighted by Gasteiger charge is 2.22.